The lowest BCUT2D eigenvalue weighted by Gasteiger charge is -2.12. The van der Waals surface area contributed by atoms with Crippen LogP contribution < -0.4 is 21.5 Å². The van der Waals surface area contributed by atoms with E-state index in [9.17, 15) is 22.8 Å². The third kappa shape index (κ3) is 6.89. The number of aryl methyl sites for hydroxylation is 1. The van der Waals surface area contributed by atoms with E-state index in [4.69, 9.17) is 16.2 Å². The minimum absolute atomic E-state index is 0.0334. The fourth-order valence-electron chi connectivity index (χ4n) is 2.45. The number of sulfone groups is 1. The number of amides is 4. The fourth-order valence-corrected chi connectivity index (χ4v) is 4.25. The first-order chi connectivity index (χ1) is 14.6. The van der Waals surface area contributed by atoms with E-state index in [1.165, 1.54) is 24.3 Å². The van der Waals surface area contributed by atoms with Crippen molar-refractivity contribution >= 4 is 45.5 Å². The Morgan fingerprint density at radius 2 is 1.65 bits per heavy atom. The summed E-state index contributed by atoms with van der Waals surface area (Å²) in [5.41, 5.74) is 10.9. The first kappa shape index (κ1) is 24.0. The molecule has 0 aromatic heterocycles. The molecule has 2 aromatic rings. The second-order valence-corrected chi connectivity index (χ2v) is 9.17. The highest BCUT2D eigenvalue weighted by Gasteiger charge is 2.22. The van der Waals surface area contributed by atoms with Crippen molar-refractivity contribution in [1.82, 2.24) is 4.72 Å². The van der Waals surface area contributed by atoms with E-state index in [0.29, 0.717) is 12.2 Å². The van der Waals surface area contributed by atoms with Crippen LogP contribution in [-0.4, -0.2) is 38.8 Å². The van der Waals surface area contributed by atoms with Crippen LogP contribution in [0.15, 0.2) is 52.3 Å². The van der Waals surface area contributed by atoms with Crippen molar-refractivity contribution in [1.29, 1.82) is 0 Å². The SMILES string of the molecule is Cc1ccc(S(=O)(=O)c2ccc(C(=O)OCCCSNC(N)=O)c(NC(N)=O)c2)cc1. The molecule has 0 aliphatic carbocycles. The summed E-state index contributed by atoms with van der Waals surface area (Å²) >= 11 is 1.07. The molecule has 0 aliphatic heterocycles. The number of hydrogen-bond donors (Lipinski definition) is 4. The molecule has 0 bridgehead atoms. The molecule has 2 aromatic carbocycles. The highest BCUT2D eigenvalue weighted by molar-refractivity contribution is 7.97. The number of nitrogens with one attached hydrogen (secondary N) is 2. The van der Waals surface area contributed by atoms with Crippen molar-refractivity contribution in [3.8, 4) is 0 Å². The minimum Gasteiger partial charge on any atom is -0.462 e. The van der Waals surface area contributed by atoms with E-state index < -0.39 is 27.9 Å². The molecule has 0 atom stereocenters. The Morgan fingerprint density at radius 1 is 1.00 bits per heavy atom. The summed E-state index contributed by atoms with van der Waals surface area (Å²) in [6.45, 7) is 1.87. The molecule has 10 nitrogen and oxygen atoms in total. The van der Waals surface area contributed by atoms with Gasteiger partial charge in [0.15, 0.2) is 0 Å². The monoisotopic (exact) mass is 466 g/mol. The highest BCUT2D eigenvalue weighted by atomic mass is 32.2. The van der Waals surface area contributed by atoms with E-state index in [1.54, 1.807) is 12.1 Å². The van der Waals surface area contributed by atoms with Gasteiger partial charge in [-0.2, -0.15) is 0 Å². The summed E-state index contributed by atoms with van der Waals surface area (Å²) in [5.74, 6) is -0.313. The van der Waals surface area contributed by atoms with Gasteiger partial charge in [0.05, 0.1) is 27.6 Å². The van der Waals surface area contributed by atoms with Crippen molar-refractivity contribution < 1.29 is 27.5 Å². The topological polar surface area (TPSA) is 171 Å². The summed E-state index contributed by atoms with van der Waals surface area (Å²) in [6.07, 6.45) is 0.426. The molecule has 6 N–H and O–H groups in total. The quantitative estimate of drug-likeness (QED) is 0.249. The summed E-state index contributed by atoms with van der Waals surface area (Å²) < 4.78 is 33.2. The summed E-state index contributed by atoms with van der Waals surface area (Å²) in [6, 6.07) is 8.29. The number of nitrogens with two attached hydrogens (primary N) is 2. The van der Waals surface area contributed by atoms with E-state index in [0.717, 1.165) is 23.6 Å². The van der Waals surface area contributed by atoms with Gasteiger partial charge in [0.1, 0.15) is 0 Å². The van der Waals surface area contributed by atoms with Crippen molar-refractivity contribution in [3.05, 3.63) is 53.6 Å². The molecule has 2 rings (SSSR count). The first-order valence-corrected chi connectivity index (χ1v) is 11.4. The van der Waals surface area contributed by atoms with Crippen molar-refractivity contribution in [2.75, 3.05) is 17.7 Å². The molecule has 0 heterocycles. The van der Waals surface area contributed by atoms with Crippen LogP contribution >= 0.6 is 11.9 Å². The van der Waals surface area contributed by atoms with Crippen molar-refractivity contribution in [2.45, 2.75) is 23.1 Å². The largest absolute Gasteiger partial charge is 0.462 e. The zero-order chi connectivity index (χ0) is 23.0. The molecular weight excluding hydrogens is 444 g/mol. The van der Waals surface area contributed by atoms with E-state index >= 15 is 0 Å². The van der Waals surface area contributed by atoms with Gasteiger partial charge in [-0.15, -0.1) is 0 Å². The van der Waals surface area contributed by atoms with Crippen LogP contribution in [0.3, 0.4) is 0 Å². The van der Waals surface area contributed by atoms with Crippen LogP contribution in [0, 0.1) is 6.92 Å². The number of ether oxygens (including phenoxy) is 1. The van der Waals surface area contributed by atoms with E-state index in [2.05, 4.69) is 10.0 Å². The molecule has 31 heavy (non-hydrogen) atoms. The van der Waals surface area contributed by atoms with Gasteiger partial charge in [0, 0.05) is 5.75 Å². The third-order valence-corrected chi connectivity index (χ3v) is 6.51. The van der Waals surface area contributed by atoms with Gasteiger partial charge >= 0.3 is 18.0 Å². The van der Waals surface area contributed by atoms with Crippen LogP contribution in [-0.2, 0) is 14.6 Å². The molecule has 0 radical (unpaired) electrons. The predicted molar refractivity (Wildman–Crippen MR) is 116 cm³/mol. The third-order valence-electron chi connectivity index (χ3n) is 3.91. The van der Waals surface area contributed by atoms with Crippen LogP contribution in [0.1, 0.15) is 22.3 Å². The molecule has 0 saturated carbocycles. The number of carbonyl (C=O) groups excluding carboxylic acids is 3. The Hall–Kier alpha value is -3.25. The molecule has 0 unspecified atom stereocenters. The summed E-state index contributed by atoms with van der Waals surface area (Å²) in [4.78, 5) is 34.3. The maximum absolute atomic E-state index is 12.9. The lowest BCUT2D eigenvalue weighted by atomic mass is 10.2. The number of primary amides is 2. The maximum Gasteiger partial charge on any atom is 0.340 e. The lowest BCUT2D eigenvalue weighted by Crippen LogP contribution is -2.23. The van der Waals surface area contributed by atoms with Gasteiger partial charge in [-0.05, 0) is 55.6 Å². The number of urea groups is 2. The molecule has 12 heteroatoms. The van der Waals surface area contributed by atoms with Gasteiger partial charge in [0.2, 0.25) is 9.84 Å². The van der Waals surface area contributed by atoms with Crippen LogP contribution in [0.25, 0.3) is 0 Å². The molecule has 166 valence electrons. The molecule has 0 saturated heterocycles. The lowest BCUT2D eigenvalue weighted by molar-refractivity contribution is 0.0507. The second-order valence-electron chi connectivity index (χ2n) is 6.32. The van der Waals surface area contributed by atoms with Gasteiger partial charge in [0.25, 0.3) is 0 Å². The second kappa shape index (κ2) is 10.7. The Labute approximate surface area is 183 Å². The predicted octanol–water partition coefficient (Wildman–Crippen LogP) is 2.18. The number of benzene rings is 2. The average Bonchev–Trinajstić information content (AvgIpc) is 2.70. The number of carbonyl (C=O) groups is 3. The smallest absolute Gasteiger partial charge is 0.340 e. The summed E-state index contributed by atoms with van der Waals surface area (Å²) in [5, 5.41) is 2.26. The highest BCUT2D eigenvalue weighted by Crippen LogP contribution is 2.27. The molecule has 4 amide bonds. The van der Waals surface area contributed by atoms with Crippen molar-refractivity contribution in [3.63, 3.8) is 0 Å². The zero-order valence-corrected chi connectivity index (χ0v) is 18.2. The average molecular weight is 467 g/mol. The number of rotatable bonds is 9. The van der Waals surface area contributed by atoms with E-state index in [-0.39, 0.29) is 27.6 Å². The van der Waals surface area contributed by atoms with Crippen LogP contribution in [0.5, 0.6) is 0 Å². The Balaban J connectivity index is 2.19. The van der Waals surface area contributed by atoms with Crippen LogP contribution in [0.4, 0.5) is 15.3 Å². The Kier molecular flexibility index (Phi) is 8.28. The normalized spacial score (nSPS) is 10.9. The fraction of sp³-hybridized carbons (Fsp3) is 0.211. The number of esters is 1. The minimum atomic E-state index is -3.88. The Morgan fingerprint density at radius 3 is 2.26 bits per heavy atom. The molecular formula is C19H22N4O6S2. The van der Waals surface area contributed by atoms with Gasteiger partial charge < -0.3 is 21.5 Å². The molecule has 0 spiro atoms. The molecule has 0 aliphatic rings. The molecule has 0 fully saturated rings. The number of anilines is 1. The first-order valence-electron chi connectivity index (χ1n) is 8.98. The summed E-state index contributed by atoms with van der Waals surface area (Å²) in [7, 11) is -3.88. The number of hydrogen-bond acceptors (Lipinski definition) is 7. The standard InChI is InChI=1S/C19H22N4O6S2/c1-12-3-5-13(6-4-12)31(27,28)14-7-8-15(16(11-14)22-18(20)25)17(24)29-9-2-10-30-23-19(21)26/h3-8,11H,2,9-10H2,1H3,(H3,20,22,25)(H3,21,23,26). The van der Waals surface area contributed by atoms with Gasteiger partial charge in [-0.1, -0.05) is 17.7 Å². The maximum atomic E-state index is 12.9. The zero-order valence-electron chi connectivity index (χ0n) is 16.6. The van der Waals surface area contributed by atoms with Gasteiger partial charge in [-0.3, -0.25) is 4.72 Å². The van der Waals surface area contributed by atoms with Crippen LogP contribution in [0.2, 0.25) is 0 Å². The van der Waals surface area contributed by atoms with Gasteiger partial charge in [-0.25, -0.2) is 22.8 Å². The Bertz CT molecular complexity index is 1070. The van der Waals surface area contributed by atoms with E-state index in [1.807, 2.05) is 6.92 Å². The van der Waals surface area contributed by atoms with Crippen molar-refractivity contribution in [2.24, 2.45) is 11.5 Å².